The Bertz CT molecular complexity index is 2830. The molecule has 0 amide bonds. The zero-order chi connectivity index (χ0) is 62.3. The average Bonchev–Trinajstić information content (AvgIpc) is 3.65. The van der Waals surface area contributed by atoms with Crippen LogP contribution >= 0.6 is 21.6 Å². The fraction of sp³-hybridized carbons (Fsp3) is 0.554. The van der Waals surface area contributed by atoms with E-state index in [9.17, 15) is 25.2 Å². The minimum absolute atomic E-state index is 0.176. The number of carbonyl (C=O) groups is 1. The standard InChI is InChI=1S/C74H86N4O6S2/c1-5-9-13-17-21-23-25-27-29-31-33-35-39-43-52-70(79)66-77(67-71(80)53-44-40-36-34-32-30-28-26-24-22-18-14-10-6-2)56-46-48-65-86-85-64-47-45-55-75-58-60-76(61-59-75)62-63-84-74(83)54-49-57-78(68-72(81)50-41-37-19-15-11-7-3)69-73(82)51-42-38-20-16-12-8-4/h1-2,70-73,79-82H,7-8,11-12,15-16,19-20,37-38,41-42,45-51,54-69H2,3-4H3. The molecule has 1 heterocycles. The van der Waals surface area contributed by atoms with Crippen LogP contribution in [0.25, 0.3) is 0 Å². The molecule has 10 nitrogen and oxygen atoms in total. The number of ether oxygens (including phenoxy) is 1. The van der Waals surface area contributed by atoms with Gasteiger partial charge in [-0.1, -0.05) is 124 Å². The van der Waals surface area contributed by atoms with Gasteiger partial charge in [0, 0.05) is 76.8 Å². The lowest BCUT2D eigenvalue weighted by Gasteiger charge is -2.34. The molecule has 450 valence electrons. The Morgan fingerprint density at radius 3 is 1.20 bits per heavy atom. The van der Waals surface area contributed by atoms with Crippen molar-refractivity contribution in [3.8, 4) is 190 Å². The number of aliphatic hydroxyl groups excluding tert-OH is 4. The van der Waals surface area contributed by atoms with Gasteiger partial charge in [0.15, 0.2) is 0 Å². The Morgan fingerprint density at radius 1 is 0.430 bits per heavy atom. The number of hydrogen-bond acceptors (Lipinski definition) is 12. The van der Waals surface area contributed by atoms with Crippen molar-refractivity contribution >= 4 is 27.6 Å². The van der Waals surface area contributed by atoms with Crippen LogP contribution in [0.15, 0.2) is 0 Å². The Balaban J connectivity index is 2.52. The number of unbranched alkanes of at least 4 members (excludes halogenated alkanes) is 12. The first-order valence-corrected chi connectivity index (χ1v) is 32.6. The van der Waals surface area contributed by atoms with Crippen molar-refractivity contribution in [2.24, 2.45) is 0 Å². The summed E-state index contributed by atoms with van der Waals surface area (Å²) in [6, 6.07) is 0. The molecule has 12 heteroatoms. The van der Waals surface area contributed by atoms with Crippen LogP contribution in [0.3, 0.4) is 0 Å². The quantitative estimate of drug-likeness (QED) is 0.0226. The fourth-order valence-electron chi connectivity index (χ4n) is 8.35. The fourth-order valence-corrected chi connectivity index (χ4v) is 10.6. The van der Waals surface area contributed by atoms with Gasteiger partial charge >= 0.3 is 5.97 Å². The molecule has 0 aromatic rings. The number of aliphatic hydroxyl groups is 4. The molecule has 0 aromatic carbocycles. The lowest BCUT2D eigenvalue weighted by molar-refractivity contribution is -0.144. The lowest BCUT2D eigenvalue weighted by atomic mass is 10.1. The summed E-state index contributed by atoms with van der Waals surface area (Å²) in [5.74, 6) is 77.0. The molecule has 0 radical (unpaired) electrons. The van der Waals surface area contributed by atoms with Crippen molar-refractivity contribution < 1.29 is 30.0 Å². The van der Waals surface area contributed by atoms with Gasteiger partial charge in [-0.25, -0.2) is 0 Å². The first-order valence-electron chi connectivity index (χ1n) is 30.1. The maximum Gasteiger partial charge on any atom is 0.305 e. The van der Waals surface area contributed by atoms with E-state index in [1.165, 1.54) is 51.4 Å². The Labute approximate surface area is 527 Å². The summed E-state index contributed by atoms with van der Waals surface area (Å²) in [6.45, 7) is 13.3. The van der Waals surface area contributed by atoms with E-state index in [4.69, 9.17) is 17.6 Å². The Hall–Kier alpha value is -7.19. The third-order valence-corrected chi connectivity index (χ3v) is 15.3. The van der Waals surface area contributed by atoms with E-state index in [1.54, 1.807) is 0 Å². The van der Waals surface area contributed by atoms with Gasteiger partial charge in [-0.15, -0.1) is 12.8 Å². The van der Waals surface area contributed by atoms with Gasteiger partial charge < -0.3 is 30.1 Å². The molecular weight excluding hydrogens is 1100 g/mol. The first kappa shape index (κ1) is 76.8. The van der Waals surface area contributed by atoms with Crippen LogP contribution in [0.1, 0.15) is 142 Å². The van der Waals surface area contributed by atoms with E-state index in [1.807, 2.05) is 26.5 Å². The maximum atomic E-state index is 12.8. The zero-order valence-corrected chi connectivity index (χ0v) is 52.6. The third-order valence-electron chi connectivity index (χ3n) is 12.7. The second kappa shape index (κ2) is 59.5. The summed E-state index contributed by atoms with van der Waals surface area (Å²) in [5, 5.41) is 43.2. The van der Waals surface area contributed by atoms with Crippen LogP contribution in [0, 0.1) is 190 Å². The molecule has 0 spiro atoms. The van der Waals surface area contributed by atoms with Gasteiger partial charge in [0.05, 0.1) is 12.2 Å². The molecule has 86 heavy (non-hydrogen) atoms. The molecule has 0 aliphatic carbocycles. The molecule has 4 N–H and O–H groups in total. The first-order chi connectivity index (χ1) is 42.2. The zero-order valence-electron chi connectivity index (χ0n) is 50.9. The second-order valence-electron chi connectivity index (χ2n) is 19.9. The van der Waals surface area contributed by atoms with Crippen molar-refractivity contribution in [3.63, 3.8) is 0 Å². The van der Waals surface area contributed by atoms with E-state index in [0.29, 0.717) is 45.6 Å². The molecule has 1 aliphatic heterocycles. The number of esters is 1. The van der Waals surface area contributed by atoms with Gasteiger partial charge in [0.25, 0.3) is 0 Å². The molecule has 1 rings (SSSR count). The normalized spacial score (nSPS) is 12.1. The monoisotopic (exact) mass is 1190 g/mol. The van der Waals surface area contributed by atoms with Gasteiger partial charge in [0.1, 0.15) is 18.8 Å². The Morgan fingerprint density at radius 2 is 0.779 bits per heavy atom. The predicted octanol–water partition coefficient (Wildman–Crippen LogP) is 6.73. The minimum Gasteiger partial charge on any atom is -0.464 e. The summed E-state index contributed by atoms with van der Waals surface area (Å²) < 4.78 is 5.67. The van der Waals surface area contributed by atoms with E-state index in [2.05, 4.69) is 206 Å². The third kappa shape index (κ3) is 52.4. The highest BCUT2D eigenvalue weighted by atomic mass is 33.1. The van der Waals surface area contributed by atoms with Crippen LogP contribution in [0.2, 0.25) is 0 Å². The van der Waals surface area contributed by atoms with Crippen molar-refractivity contribution in [1.82, 2.24) is 19.6 Å². The maximum absolute atomic E-state index is 12.8. The minimum atomic E-state index is -1.03. The SMILES string of the molecule is C#CC#CC#CC#CC#CC#CC#CC#CC(O)CN(CCCCSSCCCCN1CCN(CCOC(=O)CCCN(CC(O)CCCCCCCC)CC(O)CCCCCCCC)CC1)CC(O)C#CC#CC#CC#CC#CC#CC#CC#C. The van der Waals surface area contributed by atoms with Gasteiger partial charge in [-0.2, -0.15) is 0 Å². The summed E-state index contributed by atoms with van der Waals surface area (Å²) in [7, 11) is 3.76. The molecule has 0 aromatic heterocycles. The Kier molecular flexibility index (Phi) is 53.2. The average molecular weight is 1190 g/mol. The lowest BCUT2D eigenvalue weighted by Crippen LogP contribution is -2.47. The molecule has 1 fully saturated rings. The summed E-state index contributed by atoms with van der Waals surface area (Å²) >= 11 is 0. The molecule has 4 unspecified atom stereocenters. The molecule has 1 saturated heterocycles. The molecule has 1 aliphatic rings. The number of hydrogen-bond donors (Lipinski definition) is 4. The topological polar surface area (TPSA) is 120 Å². The van der Waals surface area contributed by atoms with Crippen molar-refractivity contribution in [3.05, 3.63) is 0 Å². The number of nitrogens with zero attached hydrogens (tertiary/aromatic N) is 4. The van der Waals surface area contributed by atoms with E-state index >= 15 is 0 Å². The van der Waals surface area contributed by atoms with Crippen LogP contribution < -0.4 is 0 Å². The molecule has 0 bridgehead atoms. The highest BCUT2D eigenvalue weighted by Gasteiger charge is 2.19. The second-order valence-corrected chi connectivity index (χ2v) is 22.6. The van der Waals surface area contributed by atoms with Gasteiger partial charge in [-0.05, 0) is 230 Å². The number of rotatable bonds is 40. The van der Waals surface area contributed by atoms with Gasteiger partial charge in [-0.3, -0.25) is 19.5 Å². The molecule has 0 saturated carbocycles. The van der Waals surface area contributed by atoms with Crippen LogP contribution in [-0.2, 0) is 9.53 Å². The van der Waals surface area contributed by atoms with Crippen LogP contribution in [-0.4, -0.2) is 167 Å². The highest BCUT2D eigenvalue weighted by molar-refractivity contribution is 8.76. The largest absolute Gasteiger partial charge is 0.464 e. The van der Waals surface area contributed by atoms with Crippen molar-refractivity contribution in [2.75, 3.05) is 96.6 Å². The summed E-state index contributed by atoms with van der Waals surface area (Å²) in [6.07, 6.45) is 28.0. The highest BCUT2D eigenvalue weighted by Crippen LogP contribution is 2.24. The van der Waals surface area contributed by atoms with Crippen molar-refractivity contribution in [2.45, 2.75) is 167 Å². The molecular formula is C74H86N4O6S2. The molecule has 4 atom stereocenters. The smallest absolute Gasteiger partial charge is 0.305 e. The van der Waals surface area contributed by atoms with Crippen LogP contribution in [0.5, 0.6) is 0 Å². The summed E-state index contributed by atoms with van der Waals surface area (Å²) in [5.41, 5.74) is 0. The number of carbonyl (C=O) groups excluding carboxylic acids is 1. The van der Waals surface area contributed by atoms with E-state index in [-0.39, 0.29) is 19.1 Å². The van der Waals surface area contributed by atoms with Gasteiger partial charge in [0.2, 0.25) is 0 Å². The van der Waals surface area contributed by atoms with Crippen LogP contribution in [0.4, 0.5) is 0 Å². The number of terminal acetylenes is 2. The van der Waals surface area contributed by atoms with E-state index < -0.39 is 24.4 Å². The van der Waals surface area contributed by atoms with E-state index in [0.717, 1.165) is 115 Å². The summed E-state index contributed by atoms with van der Waals surface area (Å²) in [4.78, 5) is 21.7. The number of piperazine rings is 1. The predicted molar refractivity (Wildman–Crippen MR) is 356 cm³/mol. The van der Waals surface area contributed by atoms with Crippen molar-refractivity contribution in [1.29, 1.82) is 0 Å².